The molecule has 90 valence electrons. The van der Waals surface area contributed by atoms with E-state index in [1.807, 2.05) is 18.2 Å². The van der Waals surface area contributed by atoms with Crippen molar-refractivity contribution < 1.29 is 0 Å². The number of nitriles is 1. The lowest BCUT2D eigenvalue weighted by Gasteiger charge is -2.36. The second kappa shape index (κ2) is 5.31. The predicted molar refractivity (Wildman–Crippen MR) is 68.4 cm³/mol. The molecule has 0 aromatic heterocycles. The van der Waals surface area contributed by atoms with Crippen LogP contribution in [-0.2, 0) is 6.54 Å². The normalized spacial score (nSPS) is 19.8. The standard InChI is InChI=1S/C14H19N3/c1-17-9-7-14(12-15,8-10-17)16-11-13-5-3-2-4-6-13/h2-6,16H,7-11H2,1H3. The Balaban J connectivity index is 1.95. The molecule has 1 heterocycles. The van der Waals surface area contributed by atoms with Crippen molar-refractivity contribution in [2.24, 2.45) is 0 Å². The van der Waals surface area contributed by atoms with Gasteiger partial charge in [0, 0.05) is 19.6 Å². The molecular weight excluding hydrogens is 210 g/mol. The zero-order valence-corrected chi connectivity index (χ0v) is 10.3. The van der Waals surface area contributed by atoms with Gasteiger partial charge in [0.25, 0.3) is 0 Å². The molecule has 0 aliphatic carbocycles. The third-order valence-corrected chi connectivity index (χ3v) is 3.53. The van der Waals surface area contributed by atoms with Crippen molar-refractivity contribution >= 4 is 0 Å². The molecule has 0 atom stereocenters. The van der Waals surface area contributed by atoms with Crippen molar-refractivity contribution in [3.05, 3.63) is 35.9 Å². The van der Waals surface area contributed by atoms with Crippen LogP contribution in [0.1, 0.15) is 18.4 Å². The molecule has 1 fully saturated rings. The van der Waals surface area contributed by atoms with E-state index in [4.69, 9.17) is 0 Å². The van der Waals surface area contributed by atoms with Crippen LogP contribution < -0.4 is 5.32 Å². The Bertz CT molecular complexity index is 386. The smallest absolute Gasteiger partial charge is 0.109 e. The first-order chi connectivity index (χ1) is 8.24. The van der Waals surface area contributed by atoms with Gasteiger partial charge in [-0.05, 0) is 25.5 Å². The van der Waals surface area contributed by atoms with E-state index in [2.05, 4.69) is 35.5 Å². The molecule has 0 bridgehead atoms. The molecule has 0 spiro atoms. The molecule has 3 heteroatoms. The first-order valence-electron chi connectivity index (χ1n) is 6.13. The topological polar surface area (TPSA) is 39.1 Å². The van der Waals surface area contributed by atoms with Crippen molar-refractivity contribution in [3.8, 4) is 6.07 Å². The molecular formula is C14H19N3. The van der Waals surface area contributed by atoms with Crippen LogP contribution >= 0.6 is 0 Å². The highest BCUT2D eigenvalue weighted by Crippen LogP contribution is 2.21. The predicted octanol–water partition coefficient (Wildman–Crippen LogP) is 1.76. The summed E-state index contributed by atoms with van der Waals surface area (Å²) in [4.78, 5) is 2.28. The van der Waals surface area contributed by atoms with Gasteiger partial charge in [-0.25, -0.2) is 0 Å². The van der Waals surface area contributed by atoms with Gasteiger partial charge in [0.15, 0.2) is 0 Å². The van der Waals surface area contributed by atoms with E-state index in [-0.39, 0.29) is 5.54 Å². The lowest BCUT2D eigenvalue weighted by Crippen LogP contribution is -2.51. The van der Waals surface area contributed by atoms with Crippen molar-refractivity contribution in [2.45, 2.75) is 24.9 Å². The number of likely N-dealkylation sites (tertiary alicyclic amines) is 1. The maximum atomic E-state index is 9.37. The number of hydrogen-bond acceptors (Lipinski definition) is 3. The fraction of sp³-hybridized carbons (Fsp3) is 0.500. The Labute approximate surface area is 103 Å². The fourth-order valence-electron chi connectivity index (χ4n) is 2.20. The van der Waals surface area contributed by atoms with E-state index in [0.29, 0.717) is 0 Å². The lowest BCUT2D eigenvalue weighted by molar-refractivity contribution is 0.194. The third-order valence-electron chi connectivity index (χ3n) is 3.53. The van der Waals surface area contributed by atoms with Crippen LogP contribution in [0.5, 0.6) is 0 Å². The first-order valence-corrected chi connectivity index (χ1v) is 6.13. The molecule has 1 N–H and O–H groups in total. The summed E-state index contributed by atoms with van der Waals surface area (Å²) in [7, 11) is 2.11. The van der Waals surface area contributed by atoms with Crippen molar-refractivity contribution in [2.75, 3.05) is 20.1 Å². The van der Waals surface area contributed by atoms with E-state index in [1.54, 1.807) is 0 Å². The van der Waals surface area contributed by atoms with Gasteiger partial charge in [-0.15, -0.1) is 0 Å². The summed E-state index contributed by atoms with van der Waals surface area (Å²) in [6.07, 6.45) is 1.82. The number of hydrogen-bond donors (Lipinski definition) is 1. The molecule has 3 nitrogen and oxygen atoms in total. The average Bonchev–Trinajstić information content (AvgIpc) is 2.40. The largest absolute Gasteiger partial charge is 0.306 e. The zero-order valence-electron chi connectivity index (χ0n) is 10.3. The van der Waals surface area contributed by atoms with Gasteiger partial charge in [0.2, 0.25) is 0 Å². The fourth-order valence-corrected chi connectivity index (χ4v) is 2.20. The van der Waals surface area contributed by atoms with Crippen LogP contribution in [0.4, 0.5) is 0 Å². The lowest BCUT2D eigenvalue weighted by atomic mass is 9.89. The van der Waals surface area contributed by atoms with Gasteiger partial charge < -0.3 is 4.90 Å². The monoisotopic (exact) mass is 229 g/mol. The van der Waals surface area contributed by atoms with Gasteiger partial charge in [-0.1, -0.05) is 30.3 Å². The Hall–Kier alpha value is -1.37. The molecule has 2 rings (SSSR count). The van der Waals surface area contributed by atoms with Gasteiger partial charge in [0.05, 0.1) is 6.07 Å². The number of benzene rings is 1. The van der Waals surface area contributed by atoms with E-state index in [9.17, 15) is 5.26 Å². The van der Waals surface area contributed by atoms with Crippen LogP contribution in [0.3, 0.4) is 0 Å². The van der Waals surface area contributed by atoms with Crippen LogP contribution in [0, 0.1) is 11.3 Å². The Morgan fingerprint density at radius 1 is 1.29 bits per heavy atom. The Morgan fingerprint density at radius 2 is 1.94 bits per heavy atom. The quantitative estimate of drug-likeness (QED) is 0.858. The SMILES string of the molecule is CN1CCC(C#N)(NCc2ccccc2)CC1. The highest BCUT2D eigenvalue weighted by Gasteiger charge is 2.32. The Kier molecular flexibility index (Phi) is 3.78. The molecule has 0 amide bonds. The van der Waals surface area contributed by atoms with Crippen molar-refractivity contribution in [3.63, 3.8) is 0 Å². The summed E-state index contributed by atoms with van der Waals surface area (Å²) >= 11 is 0. The van der Waals surface area contributed by atoms with Gasteiger partial charge in [0.1, 0.15) is 5.54 Å². The number of nitrogens with one attached hydrogen (secondary N) is 1. The molecule has 17 heavy (non-hydrogen) atoms. The highest BCUT2D eigenvalue weighted by molar-refractivity contribution is 5.17. The molecule has 0 saturated carbocycles. The molecule has 1 aliphatic heterocycles. The van der Waals surface area contributed by atoms with Crippen molar-refractivity contribution in [1.82, 2.24) is 10.2 Å². The second-order valence-corrected chi connectivity index (χ2v) is 4.84. The van der Waals surface area contributed by atoms with Gasteiger partial charge >= 0.3 is 0 Å². The maximum Gasteiger partial charge on any atom is 0.109 e. The van der Waals surface area contributed by atoms with E-state index >= 15 is 0 Å². The third kappa shape index (κ3) is 3.06. The Morgan fingerprint density at radius 3 is 2.53 bits per heavy atom. The zero-order chi connectivity index (χ0) is 12.1. The van der Waals surface area contributed by atoms with Crippen LogP contribution in [0.2, 0.25) is 0 Å². The van der Waals surface area contributed by atoms with Gasteiger partial charge in [-0.3, -0.25) is 5.32 Å². The summed E-state index contributed by atoms with van der Waals surface area (Å²) in [5, 5.41) is 12.8. The average molecular weight is 229 g/mol. The number of nitrogens with zero attached hydrogens (tertiary/aromatic N) is 2. The van der Waals surface area contributed by atoms with Crippen molar-refractivity contribution in [1.29, 1.82) is 5.26 Å². The minimum Gasteiger partial charge on any atom is -0.306 e. The van der Waals surface area contributed by atoms with E-state index in [1.165, 1.54) is 5.56 Å². The summed E-state index contributed by atoms with van der Waals surface area (Å²) in [6.45, 7) is 2.77. The van der Waals surface area contributed by atoms with E-state index < -0.39 is 0 Å². The minimum absolute atomic E-state index is 0.331. The number of piperidine rings is 1. The number of rotatable bonds is 3. The highest BCUT2D eigenvalue weighted by atomic mass is 15.1. The molecule has 0 radical (unpaired) electrons. The molecule has 1 aliphatic rings. The summed E-state index contributed by atoms with van der Waals surface area (Å²) in [5.41, 5.74) is 0.906. The first kappa shape index (κ1) is 12.1. The van der Waals surface area contributed by atoms with Gasteiger partial charge in [-0.2, -0.15) is 5.26 Å². The maximum absolute atomic E-state index is 9.37. The second-order valence-electron chi connectivity index (χ2n) is 4.84. The molecule has 1 aromatic rings. The summed E-state index contributed by atoms with van der Waals surface area (Å²) in [6, 6.07) is 12.7. The van der Waals surface area contributed by atoms with Crippen LogP contribution in [-0.4, -0.2) is 30.6 Å². The summed E-state index contributed by atoms with van der Waals surface area (Å²) < 4.78 is 0. The van der Waals surface area contributed by atoms with Crippen LogP contribution in [0.15, 0.2) is 30.3 Å². The van der Waals surface area contributed by atoms with Crippen LogP contribution in [0.25, 0.3) is 0 Å². The summed E-state index contributed by atoms with van der Waals surface area (Å²) in [5.74, 6) is 0. The molecule has 1 aromatic carbocycles. The molecule has 0 unspecified atom stereocenters. The molecule has 1 saturated heterocycles. The minimum atomic E-state index is -0.331. The van der Waals surface area contributed by atoms with E-state index in [0.717, 1.165) is 32.5 Å².